The fourth-order valence-electron chi connectivity index (χ4n) is 3.03. The van der Waals surface area contributed by atoms with Crippen LogP contribution in [0.4, 0.5) is 15.2 Å². The lowest BCUT2D eigenvalue weighted by Crippen LogP contribution is -2.22. The first-order valence-electron chi connectivity index (χ1n) is 9.44. The zero-order valence-electron chi connectivity index (χ0n) is 17.0. The molecule has 0 unspecified atom stereocenters. The van der Waals surface area contributed by atoms with E-state index in [0.717, 1.165) is 16.8 Å². The van der Waals surface area contributed by atoms with Gasteiger partial charge in [0, 0.05) is 17.9 Å². The molecule has 0 aliphatic carbocycles. The molecule has 31 heavy (non-hydrogen) atoms. The largest absolute Gasteiger partial charge is 0.402 e. The van der Waals surface area contributed by atoms with Crippen LogP contribution in [0.2, 0.25) is 0 Å². The van der Waals surface area contributed by atoms with Crippen LogP contribution < -0.4 is 4.90 Å². The van der Waals surface area contributed by atoms with Gasteiger partial charge in [0.25, 0.3) is 0 Å². The number of halogens is 1. The summed E-state index contributed by atoms with van der Waals surface area (Å²) in [7, 11) is 0. The molecule has 1 amide bonds. The number of benzene rings is 2. The van der Waals surface area contributed by atoms with E-state index in [1.165, 1.54) is 47.4 Å². The standard InChI is InChI=1S/C23H18FN3O3S/c1-13-7-8-19(9-14(13)2)27(15(3)28)23-25-18(12-31-23)11-20-22(29)30-21(26-20)16-5-4-6-17(24)10-16/h4-12H,1-3H3. The third kappa shape index (κ3) is 4.29. The van der Waals surface area contributed by atoms with Gasteiger partial charge in [-0.1, -0.05) is 12.1 Å². The lowest BCUT2D eigenvalue weighted by molar-refractivity contribution is -0.130. The van der Waals surface area contributed by atoms with E-state index in [1.54, 1.807) is 11.4 Å². The first kappa shape index (κ1) is 20.6. The van der Waals surface area contributed by atoms with Crippen LogP contribution in [0.15, 0.2) is 58.5 Å². The number of cyclic esters (lactones) is 1. The summed E-state index contributed by atoms with van der Waals surface area (Å²) < 4.78 is 18.6. The predicted molar refractivity (Wildman–Crippen MR) is 118 cm³/mol. The topological polar surface area (TPSA) is 71.9 Å². The number of esters is 1. The summed E-state index contributed by atoms with van der Waals surface area (Å²) in [6.45, 7) is 5.46. The van der Waals surface area contributed by atoms with Gasteiger partial charge in [0.05, 0.1) is 11.4 Å². The summed E-state index contributed by atoms with van der Waals surface area (Å²) in [6, 6.07) is 11.4. The van der Waals surface area contributed by atoms with Crippen molar-refractivity contribution in [2.75, 3.05) is 4.90 Å². The van der Waals surface area contributed by atoms with Gasteiger partial charge >= 0.3 is 5.97 Å². The summed E-state index contributed by atoms with van der Waals surface area (Å²) in [4.78, 5) is 34.7. The van der Waals surface area contributed by atoms with Crippen LogP contribution in [0.1, 0.15) is 29.3 Å². The Morgan fingerprint density at radius 2 is 1.97 bits per heavy atom. The molecule has 156 valence electrons. The summed E-state index contributed by atoms with van der Waals surface area (Å²) >= 11 is 1.27. The van der Waals surface area contributed by atoms with Crippen molar-refractivity contribution >= 4 is 46.0 Å². The number of carbonyl (C=O) groups is 2. The van der Waals surface area contributed by atoms with Crippen molar-refractivity contribution in [3.05, 3.63) is 81.7 Å². The van der Waals surface area contributed by atoms with Gasteiger partial charge in [-0.15, -0.1) is 11.3 Å². The predicted octanol–water partition coefficient (Wildman–Crippen LogP) is 4.93. The van der Waals surface area contributed by atoms with Gasteiger partial charge in [-0.3, -0.25) is 9.69 Å². The van der Waals surface area contributed by atoms with E-state index in [1.807, 2.05) is 32.0 Å². The van der Waals surface area contributed by atoms with Crippen LogP contribution in [-0.2, 0) is 14.3 Å². The molecule has 1 aromatic heterocycles. The average molecular weight is 435 g/mol. The Kier molecular flexibility index (Phi) is 5.48. The lowest BCUT2D eigenvalue weighted by Gasteiger charge is -2.19. The molecule has 1 aliphatic rings. The van der Waals surface area contributed by atoms with Crippen LogP contribution in [0.3, 0.4) is 0 Å². The first-order valence-corrected chi connectivity index (χ1v) is 10.3. The molecule has 0 atom stereocenters. The molecule has 1 aliphatic heterocycles. The number of amides is 1. The Morgan fingerprint density at radius 3 is 2.68 bits per heavy atom. The van der Waals surface area contributed by atoms with Crippen LogP contribution in [0.5, 0.6) is 0 Å². The van der Waals surface area contributed by atoms with E-state index in [4.69, 9.17) is 4.74 Å². The van der Waals surface area contributed by atoms with Gasteiger partial charge in [0.15, 0.2) is 10.8 Å². The quantitative estimate of drug-likeness (QED) is 0.430. The minimum absolute atomic E-state index is 0.0340. The van der Waals surface area contributed by atoms with Gasteiger partial charge in [0.1, 0.15) is 5.82 Å². The Balaban J connectivity index is 1.64. The minimum Gasteiger partial charge on any atom is -0.402 e. The van der Waals surface area contributed by atoms with Crippen LogP contribution >= 0.6 is 11.3 Å². The van der Waals surface area contributed by atoms with E-state index in [2.05, 4.69) is 9.98 Å². The maximum atomic E-state index is 13.4. The Labute approximate surface area is 182 Å². The van der Waals surface area contributed by atoms with Crippen molar-refractivity contribution in [1.29, 1.82) is 0 Å². The summed E-state index contributed by atoms with van der Waals surface area (Å²) in [5.41, 5.74) is 3.80. The Hall–Kier alpha value is -3.65. The van der Waals surface area contributed by atoms with Crippen molar-refractivity contribution in [1.82, 2.24) is 4.98 Å². The fraction of sp³-hybridized carbons (Fsp3) is 0.130. The number of thiazole rings is 1. The number of hydrogen-bond donors (Lipinski definition) is 0. The zero-order valence-corrected chi connectivity index (χ0v) is 17.9. The Morgan fingerprint density at radius 1 is 1.16 bits per heavy atom. The molecule has 0 N–H and O–H groups in total. The number of aromatic nitrogens is 1. The van der Waals surface area contributed by atoms with Crippen molar-refractivity contribution in [3.8, 4) is 0 Å². The maximum Gasteiger partial charge on any atom is 0.363 e. The second-order valence-corrected chi connectivity index (χ2v) is 7.86. The molecule has 0 spiro atoms. The van der Waals surface area contributed by atoms with Crippen molar-refractivity contribution in [2.45, 2.75) is 20.8 Å². The molecule has 0 fully saturated rings. The smallest absolute Gasteiger partial charge is 0.363 e. The third-order valence-electron chi connectivity index (χ3n) is 4.74. The highest BCUT2D eigenvalue weighted by Crippen LogP contribution is 2.31. The van der Waals surface area contributed by atoms with Crippen molar-refractivity contribution < 1.29 is 18.7 Å². The number of carbonyl (C=O) groups excluding carboxylic acids is 2. The minimum atomic E-state index is -0.647. The third-order valence-corrected chi connectivity index (χ3v) is 5.59. The highest BCUT2D eigenvalue weighted by Gasteiger charge is 2.25. The second kappa shape index (κ2) is 8.23. The van der Waals surface area contributed by atoms with Gasteiger partial charge in [-0.2, -0.15) is 0 Å². The molecule has 6 nitrogen and oxygen atoms in total. The lowest BCUT2D eigenvalue weighted by atomic mass is 10.1. The number of anilines is 2. The highest BCUT2D eigenvalue weighted by atomic mass is 32.1. The van der Waals surface area contributed by atoms with Crippen LogP contribution in [-0.4, -0.2) is 22.8 Å². The SMILES string of the molecule is CC(=O)N(c1ccc(C)c(C)c1)c1nc(C=C2N=C(c3cccc(F)c3)OC2=O)cs1. The van der Waals surface area contributed by atoms with Gasteiger partial charge in [0.2, 0.25) is 11.8 Å². The number of ether oxygens (including phenoxy) is 1. The zero-order chi connectivity index (χ0) is 22.1. The van der Waals surface area contributed by atoms with Crippen LogP contribution in [0.25, 0.3) is 6.08 Å². The molecule has 0 bridgehead atoms. The van der Waals surface area contributed by atoms with Gasteiger partial charge < -0.3 is 4.74 Å². The molecular weight excluding hydrogens is 417 g/mol. The second-order valence-electron chi connectivity index (χ2n) is 7.02. The number of aliphatic imine (C=N–C) groups is 1. The van der Waals surface area contributed by atoms with E-state index < -0.39 is 11.8 Å². The van der Waals surface area contributed by atoms with Crippen molar-refractivity contribution in [3.63, 3.8) is 0 Å². The van der Waals surface area contributed by atoms with E-state index in [0.29, 0.717) is 16.4 Å². The molecule has 3 aromatic rings. The summed E-state index contributed by atoms with van der Waals surface area (Å²) in [6.07, 6.45) is 1.48. The van der Waals surface area contributed by atoms with Crippen LogP contribution in [0, 0.1) is 19.7 Å². The molecule has 2 heterocycles. The van der Waals surface area contributed by atoms with E-state index >= 15 is 0 Å². The monoisotopic (exact) mass is 435 g/mol. The van der Waals surface area contributed by atoms with Crippen molar-refractivity contribution in [2.24, 2.45) is 4.99 Å². The number of hydrogen-bond acceptors (Lipinski definition) is 6. The summed E-state index contributed by atoms with van der Waals surface area (Å²) in [5, 5.41) is 2.20. The average Bonchev–Trinajstić information content (AvgIpc) is 3.32. The van der Waals surface area contributed by atoms with Gasteiger partial charge in [-0.25, -0.2) is 19.2 Å². The molecule has 0 radical (unpaired) electrons. The van der Waals surface area contributed by atoms with Gasteiger partial charge in [-0.05, 0) is 61.4 Å². The number of rotatable bonds is 4. The normalized spacial score (nSPS) is 14.5. The molecular formula is C23H18FN3O3S. The molecule has 4 rings (SSSR count). The van der Waals surface area contributed by atoms with E-state index in [-0.39, 0.29) is 17.5 Å². The van der Waals surface area contributed by atoms with E-state index in [9.17, 15) is 14.0 Å². The molecule has 2 aromatic carbocycles. The fourth-order valence-corrected chi connectivity index (χ4v) is 3.88. The maximum absolute atomic E-state index is 13.4. The first-order chi connectivity index (χ1) is 14.8. The molecule has 0 saturated heterocycles. The molecule has 0 saturated carbocycles. The number of nitrogens with zero attached hydrogens (tertiary/aromatic N) is 3. The Bertz CT molecular complexity index is 1260. The molecule has 8 heteroatoms. The highest BCUT2D eigenvalue weighted by molar-refractivity contribution is 7.14. The summed E-state index contributed by atoms with van der Waals surface area (Å²) in [5.74, 6) is -1.24. The number of aryl methyl sites for hydroxylation is 2.